The zero-order valence-corrected chi connectivity index (χ0v) is 9.07. The number of hydrogen-bond acceptors (Lipinski definition) is 5. The first-order valence-electron chi connectivity index (χ1n) is 4.92. The van der Waals surface area contributed by atoms with Crippen LogP contribution >= 0.6 is 0 Å². The molecule has 0 saturated carbocycles. The summed E-state index contributed by atoms with van der Waals surface area (Å²) in [5.41, 5.74) is 0.571. The molecule has 1 N–H and O–H groups in total. The van der Waals surface area contributed by atoms with E-state index in [1.54, 1.807) is 6.92 Å². The van der Waals surface area contributed by atoms with E-state index in [2.05, 4.69) is 15.5 Å². The highest BCUT2D eigenvalue weighted by atomic mass is 19.1. The van der Waals surface area contributed by atoms with Crippen molar-refractivity contribution in [3.63, 3.8) is 0 Å². The van der Waals surface area contributed by atoms with Crippen LogP contribution in [0.4, 0.5) is 10.1 Å². The summed E-state index contributed by atoms with van der Waals surface area (Å²) in [6.07, 6.45) is 0. The molecule has 2 aromatic rings. The predicted octanol–water partition coefficient (Wildman–Crippen LogP) is 2.00. The average Bonchev–Trinajstić information content (AvgIpc) is 2.73. The number of aryl methyl sites for hydroxylation is 1. The van der Waals surface area contributed by atoms with Gasteiger partial charge in [0.05, 0.1) is 23.9 Å². The average molecular weight is 232 g/mol. The molecular weight excluding hydrogens is 223 g/mol. The van der Waals surface area contributed by atoms with Gasteiger partial charge in [0.25, 0.3) is 0 Å². The summed E-state index contributed by atoms with van der Waals surface area (Å²) < 4.78 is 18.3. The molecule has 0 aliphatic rings. The molecule has 0 radical (unpaired) electrons. The second-order valence-corrected chi connectivity index (χ2v) is 3.40. The molecule has 0 spiro atoms. The highest BCUT2D eigenvalue weighted by Gasteiger charge is 2.06. The molecule has 0 aliphatic carbocycles. The van der Waals surface area contributed by atoms with Crippen LogP contribution < -0.4 is 5.32 Å². The first kappa shape index (κ1) is 11.1. The minimum atomic E-state index is -0.486. The topological polar surface area (TPSA) is 74.7 Å². The molecule has 86 valence electrons. The lowest BCUT2D eigenvalue weighted by Crippen LogP contribution is -2.02. The van der Waals surface area contributed by atoms with Crippen LogP contribution in [0.5, 0.6) is 0 Å². The largest absolute Gasteiger partial charge is 0.374 e. The van der Waals surface area contributed by atoms with Gasteiger partial charge in [0.1, 0.15) is 5.82 Å². The van der Waals surface area contributed by atoms with Crippen molar-refractivity contribution in [2.24, 2.45) is 0 Å². The fraction of sp³-hybridized carbons (Fsp3) is 0.182. The lowest BCUT2D eigenvalue weighted by atomic mass is 10.2. The van der Waals surface area contributed by atoms with Gasteiger partial charge in [-0.25, -0.2) is 4.39 Å². The maximum absolute atomic E-state index is 13.5. The first-order chi connectivity index (χ1) is 8.19. The van der Waals surface area contributed by atoms with Crippen molar-refractivity contribution < 1.29 is 8.91 Å². The van der Waals surface area contributed by atoms with E-state index in [0.29, 0.717) is 17.4 Å². The monoisotopic (exact) mass is 232 g/mol. The maximum Gasteiger partial charge on any atom is 0.245 e. The Balaban J connectivity index is 2.07. The summed E-state index contributed by atoms with van der Waals surface area (Å²) in [5, 5.41) is 15.0. The van der Waals surface area contributed by atoms with Crippen molar-refractivity contribution in [2.75, 3.05) is 5.32 Å². The smallest absolute Gasteiger partial charge is 0.245 e. The van der Waals surface area contributed by atoms with Crippen molar-refractivity contribution in [3.05, 3.63) is 41.3 Å². The van der Waals surface area contributed by atoms with Crippen LogP contribution in [-0.4, -0.2) is 10.1 Å². The van der Waals surface area contributed by atoms with Gasteiger partial charge in [-0.1, -0.05) is 5.16 Å². The third kappa shape index (κ3) is 2.58. The maximum atomic E-state index is 13.5. The fourth-order valence-corrected chi connectivity index (χ4v) is 1.31. The minimum Gasteiger partial charge on any atom is -0.374 e. The van der Waals surface area contributed by atoms with Crippen LogP contribution in [0.25, 0.3) is 0 Å². The van der Waals surface area contributed by atoms with Gasteiger partial charge < -0.3 is 9.84 Å². The van der Waals surface area contributed by atoms with Crippen molar-refractivity contribution in [2.45, 2.75) is 13.5 Å². The van der Waals surface area contributed by atoms with Crippen LogP contribution in [0.15, 0.2) is 22.7 Å². The molecule has 0 amide bonds. The summed E-state index contributed by atoms with van der Waals surface area (Å²) in [4.78, 5) is 3.97. The molecule has 1 aromatic heterocycles. The molecule has 0 unspecified atom stereocenters. The summed E-state index contributed by atoms with van der Waals surface area (Å²) >= 11 is 0. The zero-order chi connectivity index (χ0) is 12.3. The molecule has 17 heavy (non-hydrogen) atoms. The molecule has 5 nitrogen and oxygen atoms in total. The highest BCUT2D eigenvalue weighted by Crippen LogP contribution is 2.16. The number of hydrogen-bond donors (Lipinski definition) is 1. The Morgan fingerprint density at radius 3 is 2.94 bits per heavy atom. The molecule has 0 atom stereocenters. The highest BCUT2D eigenvalue weighted by molar-refractivity contribution is 5.48. The standard InChI is InChI=1S/C11H9FN4O/c1-7-15-11(17-16-7)6-14-10-3-2-8(5-13)4-9(10)12/h2-4,14H,6H2,1H3. The molecule has 0 aliphatic heterocycles. The lowest BCUT2D eigenvalue weighted by molar-refractivity contribution is 0.379. The van der Waals surface area contributed by atoms with Crippen molar-refractivity contribution in [1.29, 1.82) is 5.26 Å². The summed E-state index contributed by atoms with van der Waals surface area (Å²) in [6, 6.07) is 6.06. The third-order valence-corrected chi connectivity index (χ3v) is 2.10. The Kier molecular flexibility index (Phi) is 3.01. The first-order valence-corrected chi connectivity index (χ1v) is 4.92. The molecule has 1 aromatic carbocycles. The second kappa shape index (κ2) is 4.61. The number of nitriles is 1. The zero-order valence-electron chi connectivity index (χ0n) is 9.07. The Bertz CT molecular complexity index is 573. The number of nitrogens with zero attached hydrogens (tertiary/aromatic N) is 3. The van der Waals surface area contributed by atoms with Gasteiger partial charge in [0.2, 0.25) is 5.89 Å². The van der Waals surface area contributed by atoms with E-state index in [0.717, 1.165) is 0 Å². The van der Waals surface area contributed by atoms with Crippen LogP contribution in [0, 0.1) is 24.1 Å². The summed E-state index contributed by atoms with van der Waals surface area (Å²) in [6.45, 7) is 1.94. The van der Waals surface area contributed by atoms with E-state index in [4.69, 9.17) is 9.78 Å². The molecule has 0 bridgehead atoms. The van der Waals surface area contributed by atoms with E-state index in [1.165, 1.54) is 18.2 Å². The SMILES string of the molecule is Cc1noc(CNc2ccc(C#N)cc2F)n1. The number of halogens is 1. The van der Waals surface area contributed by atoms with Gasteiger partial charge in [-0.2, -0.15) is 10.2 Å². The van der Waals surface area contributed by atoms with Crippen LogP contribution in [-0.2, 0) is 6.54 Å². The van der Waals surface area contributed by atoms with Gasteiger partial charge in [0, 0.05) is 0 Å². The number of nitrogens with one attached hydrogen (secondary N) is 1. The molecule has 6 heteroatoms. The molecule has 0 fully saturated rings. The second-order valence-electron chi connectivity index (χ2n) is 3.40. The van der Waals surface area contributed by atoms with Crippen LogP contribution in [0.3, 0.4) is 0 Å². The molecule has 2 rings (SSSR count). The number of benzene rings is 1. The van der Waals surface area contributed by atoms with E-state index in [9.17, 15) is 4.39 Å². The van der Waals surface area contributed by atoms with Crippen molar-refractivity contribution >= 4 is 5.69 Å². The van der Waals surface area contributed by atoms with E-state index >= 15 is 0 Å². The van der Waals surface area contributed by atoms with Crippen LogP contribution in [0.2, 0.25) is 0 Å². The fourth-order valence-electron chi connectivity index (χ4n) is 1.31. The molecule has 1 heterocycles. The Morgan fingerprint density at radius 1 is 1.53 bits per heavy atom. The molecular formula is C11H9FN4O. The predicted molar refractivity (Wildman–Crippen MR) is 57.5 cm³/mol. The Morgan fingerprint density at radius 2 is 2.35 bits per heavy atom. The summed E-state index contributed by atoms with van der Waals surface area (Å²) in [5.74, 6) is 0.425. The number of anilines is 1. The van der Waals surface area contributed by atoms with Crippen LogP contribution in [0.1, 0.15) is 17.3 Å². The number of rotatable bonds is 3. The van der Waals surface area contributed by atoms with Gasteiger partial charge in [0.15, 0.2) is 5.82 Å². The van der Waals surface area contributed by atoms with Gasteiger partial charge in [-0.15, -0.1) is 0 Å². The number of aromatic nitrogens is 2. The van der Waals surface area contributed by atoms with Gasteiger partial charge >= 0.3 is 0 Å². The summed E-state index contributed by atoms with van der Waals surface area (Å²) in [7, 11) is 0. The molecule has 0 saturated heterocycles. The van der Waals surface area contributed by atoms with E-state index in [-0.39, 0.29) is 12.1 Å². The van der Waals surface area contributed by atoms with E-state index in [1.807, 2.05) is 6.07 Å². The van der Waals surface area contributed by atoms with E-state index < -0.39 is 5.82 Å². The Hall–Kier alpha value is -2.42. The minimum absolute atomic E-state index is 0.240. The third-order valence-electron chi connectivity index (χ3n) is 2.10. The Labute approximate surface area is 96.9 Å². The quantitative estimate of drug-likeness (QED) is 0.875. The van der Waals surface area contributed by atoms with Crippen molar-refractivity contribution in [3.8, 4) is 6.07 Å². The van der Waals surface area contributed by atoms with Gasteiger partial charge in [-0.3, -0.25) is 0 Å². The lowest BCUT2D eigenvalue weighted by Gasteiger charge is -2.04. The van der Waals surface area contributed by atoms with Crippen molar-refractivity contribution in [1.82, 2.24) is 10.1 Å². The van der Waals surface area contributed by atoms with Gasteiger partial charge in [-0.05, 0) is 25.1 Å². The normalized spacial score (nSPS) is 9.94.